The maximum atomic E-state index is 3.99. The van der Waals surface area contributed by atoms with Gasteiger partial charge in [0.05, 0.1) is 0 Å². The second kappa shape index (κ2) is 5.37. The molecule has 2 unspecified atom stereocenters. The Bertz CT molecular complexity index is 292. The van der Waals surface area contributed by atoms with Crippen LogP contribution in [0.5, 0.6) is 0 Å². The van der Waals surface area contributed by atoms with Crippen LogP contribution in [0.2, 0.25) is 0 Å². The number of nitrogens with one attached hydrogen (secondary N) is 1. The lowest BCUT2D eigenvalue weighted by molar-refractivity contribution is 0.0704. The van der Waals surface area contributed by atoms with Gasteiger partial charge in [0.25, 0.3) is 0 Å². The Labute approximate surface area is 120 Å². The van der Waals surface area contributed by atoms with Gasteiger partial charge < -0.3 is 10.2 Å². The van der Waals surface area contributed by atoms with Crippen LogP contribution in [-0.2, 0) is 0 Å². The van der Waals surface area contributed by atoms with E-state index in [-0.39, 0.29) is 0 Å². The van der Waals surface area contributed by atoms with Gasteiger partial charge in [0, 0.05) is 18.1 Å². The number of nitrogens with zero attached hydrogens (tertiary/aromatic N) is 1. The first kappa shape index (κ1) is 15.3. The minimum Gasteiger partial charge on any atom is -0.311 e. The summed E-state index contributed by atoms with van der Waals surface area (Å²) < 4.78 is 0. The summed E-state index contributed by atoms with van der Waals surface area (Å²) in [5, 5.41) is 3.99. The van der Waals surface area contributed by atoms with Gasteiger partial charge in [0.1, 0.15) is 0 Å². The number of hydrogen-bond donors (Lipinski definition) is 1. The monoisotopic (exact) mass is 266 g/mol. The van der Waals surface area contributed by atoms with Crippen LogP contribution in [-0.4, -0.2) is 36.6 Å². The SMILES string of the molecule is CC1CC(NC2CC(C)(C)CC(C)(C)C2)CCN1C. The van der Waals surface area contributed by atoms with Gasteiger partial charge in [-0.1, -0.05) is 27.7 Å². The molecule has 1 heterocycles. The Hall–Kier alpha value is -0.0800. The first-order valence-electron chi connectivity index (χ1n) is 8.13. The first-order chi connectivity index (χ1) is 8.67. The van der Waals surface area contributed by atoms with Gasteiger partial charge in [-0.15, -0.1) is 0 Å². The number of rotatable bonds is 2. The van der Waals surface area contributed by atoms with Crippen LogP contribution in [0.4, 0.5) is 0 Å². The van der Waals surface area contributed by atoms with Gasteiger partial charge in [-0.3, -0.25) is 0 Å². The molecule has 2 aliphatic rings. The van der Waals surface area contributed by atoms with Crippen LogP contribution in [0.15, 0.2) is 0 Å². The number of hydrogen-bond acceptors (Lipinski definition) is 2. The van der Waals surface area contributed by atoms with Crippen molar-refractivity contribution < 1.29 is 0 Å². The van der Waals surface area contributed by atoms with Crippen molar-refractivity contribution in [3.8, 4) is 0 Å². The van der Waals surface area contributed by atoms with Crippen molar-refractivity contribution in [2.75, 3.05) is 13.6 Å². The van der Waals surface area contributed by atoms with Crippen molar-refractivity contribution in [3.63, 3.8) is 0 Å². The molecule has 0 spiro atoms. The summed E-state index contributed by atoms with van der Waals surface area (Å²) in [6.45, 7) is 13.4. The Morgan fingerprint density at radius 3 is 2.11 bits per heavy atom. The Kier molecular flexibility index (Phi) is 4.32. The van der Waals surface area contributed by atoms with E-state index >= 15 is 0 Å². The molecule has 0 aromatic rings. The van der Waals surface area contributed by atoms with Crippen LogP contribution >= 0.6 is 0 Å². The maximum absolute atomic E-state index is 3.99. The molecule has 1 saturated heterocycles. The Morgan fingerprint density at radius 1 is 1.00 bits per heavy atom. The zero-order valence-electron chi connectivity index (χ0n) is 13.9. The quantitative estimate of drug-likeness (QED) is 0.820. The number of likely N-dealkylation sites (tertiary alicyclic amines) is 1. The zero-order valence-corrected chi connectivity index (χ0v) is 13.9. The molecule has 2 rings (SSSR count). The lowest BCUT2D eigenvalue weighted by Gasteiger charge is -2.47. The summed E-state index contributed by atoms with van der Waals surface area (Å²) >= 11 is 0. The fourth-order valence-corrected chi connectivity index (χ4v) is 4.74. The first-order valence-corrected chi connectivity index (χ1v) is 8.13. The van der Waals surface area contributed by atoms with E-state index in [0.29, 0.717) is 10.8 Å². The molecular weight excluding hydrogens is 232 g/mol. The minimum absolute atomic E-state index is 0.497. The van der Waals surface area contributed by atoms with Gasteiger partial charge in [0.15, 0.2) is 0 Å². The highest BCUT2D eigenvalue weighted by Crippen LogP contribution is 2.45. The topological polar surface area (TPSA) is 15.3 Å². The summed E-state index contributed by atoms with van der Waals surface area (Å²) in [6.07, 6.45) is 6.68. The van der Waals surface area contributed by atoms with E-state index in [0.717, 1.165) is 18.1 Å². The van der Waals surface area contributed by atoms with E-state index in [1.54, 1.807) is 0 Å². The molecule has 2 heteroatoms. The van der Waals surface area contributed by atoms with E-state index in [1.807, 2.05) is 0 Å². The van der Waals surface area contributed by atoms with E-state index in [4.69, 9.17) is 0 Å². The predicted octanol–water partition coefficient (Wildman–Crippen LogP) is 3.66. The molecule has 112 valence electrons. The van der Waals surface area contributed by atoms with Crippen molar-refractivity contribution in [2.45, 2.75) is 84.8 Å². The summed E-state index contributed by atoms with van der Waals surface area (Å²) in [5.41, 5.74) is 0.993. The molecule has 0 radical (unpaired) electrons. The van der Waals surface area contributed by atoms with Crippen LogP contribution in [0.25, 0.3) is 0 Å². The highest BCUT2D eigenvalue weighted by molar-refractivity contribution is 4.94. The van der Waals surface area contributed by atoms with Crippen molar-refractivity contribution in [3.05, 3.63) is 0 Å². The molecule has 1 N–H and O–H groups in total. The largest absolute Gasteiger partial charge is 0.311 e. The number of piperidine rings is 1. The van der Waals surface area contributed by atoms with Gasteiger partial charge in [0.2, 0.25) is 0 Å². The lowest BCUT2D eigenvalue weighted by Crippen LogP contribution is -2.52. The third-order valence-corrected chi connectivity index (χ3v) is 5.23. The highest BCUT2D eigenvalue weighted by atomic mass is 15.1. The van der Waals surface area contributed by atoms with Crippen LogP contribution in [0.1, 0.15) is 66.7 Å². The third-order valence-electron chi connectivity index (χ3n) is 5.23. The molecule has 0 bridgehead atoms. The van der Waals surface area contributed by atoms with Crippen molar-refractivity contribution in [1.29, 1.82) is 0 Å². The van der Waals surface area contributed by atoms with Gasteiger partial charge in [-0.2, -0.15) is 0 Å². The van der Waals surface area contributed by atoms with Gasteiger partial charge in [-0.05, 0) is 63.5 Å². The van der Waals surface area contributed by atoms with E-state index in [2.05, 4.69) is 51.9 Å². The molecule has 1 saturated carbocycles. The average molecular weight is 266 g/mol. The second-order valence-electron chi connectivity index (χ2n) is 8.83. The third kappa shape index (κ3) is 4.19. The summed E-state index contributed by atoms with van der Waals surface area (Å²) in [7, 11) is 2.26. The molecule has 1 aliphatic heterocycles. The molecule has 0 amide bonds. The summed E-state index contributed by atoms with van der Waals surface area (Å²) in [4.78, 5) is 2.49. The summed E-state index contributed by atoms with van der Waals surface area (Å²) in [5.74, 6) is 0. The highest BCUT2D eigenvalue weighted by Gasteiger charge is 2.39. The standard InChI is InChI=1S/C17H34N2/c1-13-9-14(7-8-19(13)6)18-15-10-16(2,3)12-17(4,5)11-15/h13-15,18H,7-12H2,1-6H3. The molecule has 1 aliphatic carbocycles. The molecular formula is C17H34N2. The normalized spacial score (nSPS) is 36.3. The Morgan fingerprint density at radius 2 is 1.58 bits per heavy atom. The molecule has 2 atom stereocenters. The second-order valence-corrected chi connectivity index (χ2v) is 8.83. The van der Waals surface area contributed by atoms with Gasteiger partial charge in [-0.25, -0.2) is 0 Å². The van der Waals surface area contributed by atoms with Crippen molar-refractivity contribution in [2.24, 2.45) is 10.8 Å². The predicted molar refractivity (Wildman–Crippen MR) is 83.5 cm³/mol. The van der Waals surface area contributed by atoms with E-state index < -0.39 is 0 Å². The molecule has 2 fully saturated rings. The van der Waals surface area contributed by atoms with E-state index in [1.165, 1.54) is 38.6 Å². The summed E-state index contributed by atoms with van der Waals surface area (Å²) in [6, 6.07) is 2.19. The van der Waals surface area contributed by atoms with Crippen molar-refractivity contribution >= 4 is 0 Å². The Balaban J connectivity index is 1.92. The average Bonchev–Trinajstić information content (AvgIpc) is 2.18. The van der Waals surface area contributed by atoms with Crippen LogP contribution in [0.3, 0.4) is 0 Å². The van der Waals surface area contributed by atoms with Gasteiger partial charge >= 0.3 is 0 Å². The fourth-order valence-electron chi connectivity index (χ4n) is 4.74. The van der Waals surface area contributed by atoms with Crippen molar-refractivity contribution in [1.82, 2.24) is 10.2 Å². The fraction of sp³-hybridized carbons (Fsp3) is 1.00. The molecule has 0 aromatic carbocycles. The van der Waals surface area contributed by atoms with Crippen LogP contribution < -0.4 is 5.32 Å². The lowest BCUT2D eigenvalue weighted by atomic mass is 9.63. The minimum atomic E-state index is 0.497. The smallest absolute Gasteiger partial charge is 0.00966 e. The van der Waals surface area contributed by atoms with Crippen LogP contribution in [0, 0.1) is 10.8 Å². The molecule has 0 aromatic heterocycles. The maximum Gasteiger partial charge on any atom is 0.00966 e. The van der Waals surface area contributed by atoms with E-state index in [9.17, 15) is 0 Å². The molecule has 2 nitrogen and oxygen atoms in total. The molecule has 19 heavy (non-hydrogen) atoms. The zero-order chi connectivity index (χ0) is 14.3.